The van der Waals surface area contributed by atoms with E-state index in [2.05, 4.69) is 190 Å². The molecule has 12 aromatic rings. The van der Waals surface area contributed by atoms with Gasteiger partial charge in [-0.25, -0.2) is 0 Å². The molecule has 0 atom stereocenters. The van der Waals surface area contributed by atoms with Crippen molar-refractivity contribution in [2.24, 2.45) is 0 Å². The summed E-state index contributed by atoms with van der Waals surface area (Å²) in [4.78, 5) is 10.2. The van der Waals surface area contributed by atoms with Gasteiger partial charge in [-0.2, -0.15) is 5.26 Å². The van der Waals surface area contributed by atoms with E-state index in [1.807, 2.05) is 24.5 Å². The monoisotopic (exact) mass is 752 g/mol. The van der Waals surface area contributed by atoms with Crippen LogP contribution in [-0.2, 0) is 0 Å². The lowest BCUT2D eigenvalue weighted by atomic mass is 9.95. The molecule has 12 rings (SSSR count). The van der Waals surface area contributed by atoms with Gasteiger partial charge in [0.25, 0.3) is 0 Å². The van der Waals surface area contributed by atoms with E-state index in [9.17, 15) is 5.26 Å². The number of nitrogens with zero attached hydrogens (tertiary/aromatic N) is 6. The maximum atomic E-state index is 11.0. The molecule has 0 bridgehead atoms. The first-order chi connectivity index (χ1) is 29.2. The van der Waals surface area contributed by atoms with Crippen molar-refractivity contribution in [3.8, 4) is 45.6 Å². The van der Waals surface area contributed by atoms with Crippen LogP contribution in [0.15, 0.2) is 194 Å². The number of hydrogen-bond donors (Lipinski definition) is 0. The Hall–Kier alpha value is -8.27. The van der Waals surface area contributed by atoms with Crippen LogP contribution in [0.5, 0.6) is 0 Å². The molecule has 5 aromatic heterocycles. The Morgan fingerprint density at radius 2 is 0.627 bits per heavy atom. The van der Waals surface area contributed by atoms with Gasteiger partial charge in [-0.3, -0.25) is 9.97 Å². The van der Waals surface area contributed by atoms with Crippen LogP contribution in [0.3, 0.4) is 0 Å². The summed E-state index contributed by atoms with van der Waals surface area (Å²) < 4.78 is 6.81. The van der Waals surface area contributed by atoms with Crippen LogP contribution in [0.25, 0.3) is 105 Å². The van der Waals surface area contributed by atoms with E-state index in [1.54, 1.807) is 0 Å². The molecule has 0 aliphatic rings. The van der Waals surface area contributed by atoms with Crippen molar-refractivity contribution in [2.45, 2.75) is 0 Å². The van der Waals surface area contributed by atoms with Gasteiger partial charge in [0.1, 0.15) is 6.07 Å². The number of nitriles is 1. The molecule has 59 heavy (non-hydrogen) atoms. The predicted octanol–water partition coefficient (Wildman–Crippen LogP) is 13.0. The Labute approximate surface area is 338 Å². The van der Waals surface area contributed by atoms with E-state index in [-0.39, 0.29) is 0 Å². The zero-order chi connectivity index (χ0) is 39.0. The summed E-state index contributed by atoms with van der Waals surface area (Å²) in [5, 5.41) is 18.2. The van der Waals surface area contributed by atoms with E-state index in [4.69, 9.17) is 9.97 Å². The quantitative estimate of drug-likeness (QED) is 0.176. The lowest BCUT2D eigenvalue weighted by Crippen LogP contribution is -2.01. The molecule has 274 valence electrons. The van der Waals surface area contributed by atoms with Crippen molar-refractivity contribution in [1.29, 1.82) is 5.26 Å². The third kappa shape index (κ3) is 4.92. The number of aromatic nitrogens is 5. The van der Waals surface area contributed by atoms with Crippen molar-refractivity contribution < 1.29 is 0 Å². The largest absolute Gasteiger partial charge is 0.309 e. The summed E-state index contributed by atoms with van der Waals surface area (Å²) in [5.41, 5.74) is 12.9. The van der Waals surface area contributed by atoms with Crippen LogP contribution in [0.4, 0.5) is 0 Å². The number of fused-ring (bicyclic) bond motifs is 9. The molecule has 0 saturated carbocycles. The van der Waals surface area contributed by atoms with E-state index in [1.165, 1.54) is 21.5 Å². The molecule has 6 heteroatoms. The van der Waals surface area contributed by atoms with Gasteiger partial charge in [-0.15, -0.1) is 0 Å². The van der Waals surface area contributed by atoms with Gasteiger partial charge >= 0.3 is 0 Å². The maximum Gasteiger partial charge on any atom is 0.101 e. The van der Waals surface area contributed by atoms with Crippen molar-refractivity contribution in [3.63, 3.8) is 0 Å². The van der Waals surface area contributed by atoms with Crippen molar-refractivity contribution >= 4 is 65.4 Å². The van der Waals surface area contributed by atoms with Crippen LogP contribution < -0.4 is 0 Å². The van der Waals surface area contributed by atoms with Crippen LogP contribution in [0.1, 0.15) is 5.56 Å². The number of rotatable bonds is 5. The summed E-state index contributed by atoms with van der Waals surface area (Å²) in [6, 6.07) is 65.9. The first-order valence-corrected chi connectivity index (χ1v) is 19.7. The Kier molecular flexibility index (Phi) is 7.19. The molecule has 0 saturated heterocycles. The molecule has 0 amide bonds. The second kappa shape index (κ2) is 12.9. The van der Waals surface area contributed by atoms with Crippen LogP contribution in [-0.4, -0.2) is 23.7 Å². The molecule has 0 unspecified atom stereocenters. The normalized spacial score (nSPS) is 11.7. The predicted molar refractivity (Wildman–Crippen MR) is 241 cm³/mol. The minimum atomic E-state index is 0.517. The van der Waals surface area contributed by atoms with Gasteiger partial charge in [0.2, 0.25) is 0 Å². The molecule has 0 aliphatic heterocycles. The fourth-order valence-corrected chi connectivity index (χ4v) is 9.24. The number of para-hydroxylation sites is 6. The van der Waals surface area contributed by atoms with Crippen molar-refractivity contribution in [2.75, 3.05) is 0 Å². The van der Waals surface area contributed by atoms with Crippen molar-refractivity contribution in [3.05, 3.63) is 200 Å². The third-order valence-corrected chi connectivity index (χ3v) is 11.8. The average Bonchev–Trinajstić information content (AvgIpc) is 3.95. The van der Waals surface area contributed by atoms with Crippen molar-refractivity contribution in [1.82, 2.24) is 23.7 Å². The van der Waals surface area contributed by atoms with Gasteiger partial charge < -0.3 is 13.7 Å². The zero-order valence-electron chi connectivity index (χ0n) is 31.7. The average molecular weight is 753 g/mol. The highest BCUT2D eigenvalue weighted by Gasteiger charge is 2.21. The maximum absolute atomic E-state index is 11.0. The van der Waals surface area contributed by atoms with Crippen LogP contribution in [0, 0.1) is 11.3 Å². The summed E-state index contributed by atoms with van der Waals surface area (Å²) in [6.07, 6.45) is 3.84. The molecule has 6 nitrogen and oxygen atoms in total. The van der Waals surface area contributed by atoms with Crippen LogP contribution >= 0.6 is 0 Å². The van der Waals surface area contributed by atoms with Gasteiger partial charge in [0, 0.05) is 49.1 Å². The zero-order valence-corrected chi connectivity index (χ0v) is 31.7. The molecule has 0 fully saturated rings. The smallest absolute Gasteiger partial charge is 0.101 e. The topological polar surface area (TPSA) is 64.4 Å². The Balaban J connectivity index is 1.07. The summed E-state index contributed by atoms with van der Waals surface area (Å²) >= 11 is 0. The number of pyridine rings is 2. The van der Waals surface area contributed by atoms with Gasteiger partial charge in [0.05, 0.1) is 73.8 Å². The highest BCUT2D eigenvalue weighted by molar-refractivity contribution is 6.11. The Morgan fingerprint density at radius 3 is 0.898 bits per heavy atom. The fourth-order valence-electron chi connectivity index (χ4n) is 9.24. The highest BCUT2D eigenvalue weighted by Crippen LogP contribution is 2.39. The molecule has 7 aromatic carbocycles. The minimum Gasteiger partial charge on any atom is -0.309 e. The van der Waals surface area contributed by atoms with Gasteiger partial charge in [0.15, 0.2) is 0 Å². The van der Waals surface area contributed by atoms with Gasteiger partial charge in [-0.05, 0) is 72.8 Å². The lowest BCUT2D eigenvalue weighted by molar-refractivity contribution is 1.13. The Morgan fingerprint density at radius 1 is 0.339 bits per heavy atom. The molecular formula is C53H32N6. The molecule has 5 heterocycles. The molecule has 0 spiro atoms. The third-order valence-electron chi connectivity index (χ3n) is 11.8. The summed E-state index contributed by atoms with van der Waals surface area (Å²) in [6.45, 7) is 0. The standard InChI is InChI=1S/C53H32N6/c54-31-45-43(46-27-25-34(32-55-46)57-48-19-7-1-13-37(48)38-14-2-8-20-49(38)57)29-36(59-52-23-11-5-17-41(52)42-18-6-12-24-53(42)59)30-44(45)47-28-26-35(33-56-47)58-50-21-9-3-15-39(50)40-16-4-10-22-51(40)58/h1-30,32-33H. The fraction of sp³-hybridized carbons (Fsp3) is 0. The lowest BCUT2D eigenvalue weighted by Gasteiger charge is -2.16. The number of hydrogen-bond acceptors (Lipinski definition) is 3. The molecule has 0 radical (unpaired) electrons. The summed E-state index contributed by atoms with van der Waals surface area (Å²) in [7, 11) is 0. The first kappa shape index (κ1) is 32.9. The Bertz CT molecular complexity index is 3330. The first-order valence-electron chi connectivity index (χ1n) is 19.7. The molecule has 0 aliphatic carbocycles. The second-order valence-electron chi connectivity index (χ2n) is 14.9. The van der Waals surface area contributed by atoms with E-state index in [0.717, 1.165) is 72.1 Å². The molecule has 0 N–H and O–H groups in total. The summed E-state index contributed by atoms with van der Waals surface area (Å²) in [5.74, 6) is 0. The van der Waals surface area contributed by atoms with Gasteiger partial charge in [-0.1, -0.05) is 109 Å². The highest BCUT2D eigenvalue weighted by atomic mass is 15.0. The van der Waals surface area contributed by atoms with E-state index >= 15 is 0 Å². The minimum absolute atomic E-state index is 0.517. The SMILES string of the molecule is N#Cc1c(-c2ccc(-n3c4ccccc4c4ccccc43)cn2)cc(-n2c3ccccc3c3ccccc32)cc1-c1ccc(-n2c3ccccc3c3ccccc32)cn1. The number of benzene rings is 7. The van der Waals surface area contributed by atoms with E-state index < -0.39 is 0 Å². The molecular weight excluding hydrogens is 721 g/mol. The van der Waals surface area contributed by atoms with E-state index in [0.29, 0.717) is 17.0 Å². The van der Waals surface area contributed by atoms with Crippen LogP contribution in [0.2, 0.25) is 0 Å². The second-order valence-corrected chi connectivity index (χ2v) is 14.9.